The van der Waals surface area contributed by atoms with Gasteiger partial charge in [0.1, 0.15) is 0 Å². The maximum absolute atomic E-state index is 11.7. The van der Waals surface area contributed by atoms with Crippen LogP contribution in [0.15, 0.2) is 41.2 Å². The molecule has 7 heteroatoms. The highest BCUT2D eigenvalue weighted by atomic mass is 16.3. The average Bonchev–Trinajstić information content (AvgIpc) is 2.42. The molecule has 1 unspecified atom stereocenters. The Kier molecular flexibility index (Phi) is 4.11. The summed E-state index contributed by atoms with van der Waals surface area (Å²) < 4.78 is 0. The number of urea groups is 1. The Hall–Kier alpha value is -2.67. The van der Waals surface area contributed by atoms with Gasteiger partial charge in [0.05, 0.1) is 6.10 Å². The molecule has 0 radical (unpaired) electrons. The van der Waals surface area contributed by atoms with Crippen molar-refractivity contribution < 1.29 is 9.90 Å². The first-order chi connectivity index (χ1) is 9.54. The van der Waals surface area contributed by atoms with Gasteiger partial charge in [-0.15, -0.1) is 0 Å². The molecular weight excluding hydrogens is 260 g/mol. The molecule has 0 aliphatic carbocycles. The first-order valence-electron chi connectivity index (χ1n) is 5.96. The van der Waals surface area contributed by atoms with Crippen LogP contribution in [0.2, 0.25) is 0 Å². The minimum Gasteiger partial charge on any atom is -0.389 e. The van der Waals surface area contributed by atoms with Gasteiger partial charge in [-0.05, 0) is 30.7 Å². The van der Waals surface area contributed by atoms with Gasteiger partial charge in [-0.25, -0.2) is 9.89 Å². The number of amides is 2. The molecule has 0 saturated heterocycles. The third-order valence-corrected chi connectivity index (χ3v) is 2.57. The summed E-state index contributed by atoms with van der Waals surface area (Å²) in [5.74, 6) is 0.239. The normalized spacial score (nSPS) is 11.7. The van der Waals surface area contributed by atoms with Crippen LogP contribution in [0.5, 0.6) is 0 Å². The molecule has 1 aromatic heterocycles. The van der Waals surface area contributed by atoms with Gasteiger partial charge in [-0.2, -0.15) is 5.10 Å². The lowest BCUT2D eigenvalue weighted by Gasteiger charge is -2.08. The number of anilines is 2. The minimum atomic E-state index is -0.553. The zero-order chi connectivity index (χ0) is 14.5. The van der Waals surface area contributed by atoms with Crippen molar-refractivity contribution in [3.63, 3.8) is 0 Å². The molecule has 2 aromatic rings. The largest absolute Gasteiger partial charge is 0.389 e. The lowest BCUT2D eigenvalue weighted by molar-refractivity contribution is 0.199. The Morgan fingerprint density at radius 2 is 1.90 bits per heavy atom. The molecule has 0 spiro atoms. The van der Waals surface area contributed by atoms with E-state index in [0.717, 1.165) is 5.56 Å². The van der Waals surface area contributed by atoms with Crippen LogP contribution in [-0.2, 0) is 0 Å². The molecule has 1 heterocycles. The summed E-state index contributed by atoms with van der Waals surface area (Å²) in [7, 11) is 0. The van der Waals surface area contributed by atoms with Gasteiger partial charge in [0.25, 0.3) is 5.56 Å². The molecule has 2 rings (SSSR count). The maximum atomic E-state index is 11.7. The highest BCUT2D eigenvalue weighted by molar-refractivity contribution is 5.99. The predicted octanol–water partition coefficient (Wildman–Crippen LogP) is 1.47. The van der Waals surface area contributed by atoms with Gasteiger partial charge in [0.2, 0.25) is 0 Å². The van der Waals surface area contributed by atoms with Crippen LogP contribution in [0, 0.1) is 0 Å². The standard InChI is InChI=1S/C13H14N4O3/c1-8(18)9-2-4-10(5-3-9)14-13(20)15-11-6-7-12(19)17-16-11/h2-8,18H,1H3,(H,17,19)(H2,14,15,16,20). The molecule has 7 nitrogen and oxygen atoms in total. The van der Waals surface area contributed by atoms with E-state index >= 15 is 0 Å². The highest BCUT2D eigenvalue weighted by Gasteiger charge is 2.05. The molecule has 2 amide bonds. The molecule has 104 valence electrons. The van der Waals surface area contributed by atoms with Gasteiger partial charge in [-0.1, -0.05) is 12.1 Å². The summed E-state index contributed by atoms with van der Waals surface area (Å²) in [5, 5.41) is 20.3. The summed E-state index contributed by atoms with van der Waals surface area (Å²) >= 11 is 0. The predicted molar refractivity (Wildman–Crippen MR) is 74.6 cm³/mol. The fourth-order valence-electron chi connectivity index (χ4n) is 1.54. The smallest absolute Gasteiger partial charge is 0.324 e. The SMILES string of the molecule is CC(O)c1ccc(NC(=O)Nc2ccc(=O)[nH]n2)cc1. The molecule has 0 fully saturated rings. The fraction of sp³-hybridized carbons (Fsp3) is 0.154. The van der Waals surface area contributed by atoms with Gasteiger partial charge in [0.15, 0.2) is 5.82 Å². The number of H-pyrrole nitrogens is 1. The van der Waals surface area contributed by atoms with E-state index in [1.807, 2.05) is 0 Å². The molecule has 0 aliphatic heterocycles. The second kappa shape index (κ2) is 5.98. The van der Waals surface area contributed by atoms with Crippen molar-refractivity contribution in [3.05, 3.63) is 52.3 Å². The number of carbonyl (C=O) groups excluding carboxylic acids is 1. The van der Waals surface area contributed by atoms with E-state index in [0.29, 0.717) is 5.69 Å². The monoisotopic (exact) mass is 274 g/mol. The Morgan fingerprint density at radius 1 is 1.20 bits per heavy atom. The van der Waals surface area contributed by atoms with E-state index in [1.54, 1.807) is 31.2 Å². The molecule has 4 N–H and O–H groups in total. The minimum absolute atomic E-state index is 0.239. The number of aromatic amines is 1. The lowest BCUT2D eigenvalue weighted by Crippen LogP contribution is -2.21. The van der Waals surface area contributed by atoms with E-state index < -0.39 is 12.1 Å². The quantitative estimate of drug-likeness (QED) is 0.679. The lowest BCUT2D eigenvalue weighted by atomic mass is 10.1. The van der Waals surface area contributed by atoms with Crippen molar-refractivity contribution in [1.29, 1.82) is 0 Å². The molecular formula is C13H14N4O3. The van der Waals surface area contributed by atoms with Gasteiger partial charge >= 0.3 is 6.03 Å². The van der Waals surface area contributed by atoms with E-state index in [9.17, 15) is 14.7 Å². The highest BCUT2D eigenvalue weighted by Crippen LogP contribution is 2.15. The Bertz CT molecular complexity index is 629. The second-order valence-corrected chi connectivity index (χ2v) is 4.18. The third-order valence-electron chi connectivity index (χ3n) is 2.57. The first-order valence-corrected chi connectivity index (χ1v) is 5.96. The number of benzene rings is 1. The number of rotatable bonds is 3. The Morgan fingerprint density at radius 3 is 2.45 bits per heavy atom. The van der Waals surface area contributed by atoms with E-state index in [-0.39, 0.29) is 11.4 Å². The third kappa shape index (κ3) is 3.66. The van der Waals surface area contributed by atoms with Crippen molar-refractivity contribution in [1.82, 2.24) is 10.2 Å². The zero-order valence-electron chi connectivity index (χ0n) is 10.8. The van der Waals surface area contributed by atoms with Crippen LogP contribution in [0.1, 0.15) is 18.6 Å². The number of hydrogen-bond donors (Lipinski definition) is 4. The van der Waals surface area contributed by atoms with Crippen LogP contribution >= 0.6 is 0 Å². The summed E-state index contributed by atoms with van der Waals surface area (Å²) in [5.41, 5.74) is 0.999. The van der Waals surface area contributed by atoms with Gasteiger partial charge in [0, 0.05) is 11.8 Å². The Balaban J connectivity index is 1.97. The number of aromatic nitrogens is 2. The van der Waals surface area contributed by atoms with E-state index in [4.69, 9.17) is 0 Å². The molecule has 1 aromatic carbocycles. The van der Waals surface area contributed by atoms with Crippen LogP contribution in [0.3, 0.4) is 0 Å². The molecule has 0 aliphatic rings. The summed E-state index contributed by atoms with van der Waals surface area (Å²) in [6.45, 7) is 1.66. The van der Waals surface area contributed by atoms with Crippen molar-refractivity contribution in [3.8, 4) is 0 Å². The van der Waals surface area contributed by atoms with E-state index in [2.05, 4.69) is 20.8 Å². The number of hydrogen-bond acceptors (Lipinski definition) is 4. The van der Waals surface area contributed by atoms with Crippen LogP contribution in [0.4, 0.5) is 16.3 Å². The number of aliphatic hydroxyl groups is 1. The zero-order valence-corrected chi connectivity index (χ0v) is 10.8. The van der Waals surface area contributed by atoms with Gasteiger partial charge < -0.3 is 10.4 Å². The number of nitrogens with one attached hydrogen (secondary N) is 3. The summed E-state index contributed by atoms with van der Waals surface area (Å²) in [6, 6.07) is 8.99. The number of carbonyl (C=O) groups is 1. The van der Waals surface area contributed by atoms with Gasteiger partial charge in [-0.3, -0.25) is 10.1 Å². The van der Waals surface area contributed by atoms with Crippen molar-refractivity contribution >= 4 is 17.5 Å². The van der Waals surface area contributed by atoms with Crippen LogP contribution in [-0.4, -0.2) is 21.3 Å². The van der Waals surface area contributed by atoms with Crippen LogP contribution in [0.25, 0.3) is 0 Å². The maximum Gasteiger partial charge on any atom is 0.324 e. The molecule has 0 saturated carbocycles. The second-order valence-electron chi connectivity index (χ2n) is 4.18. The number of aliphatic hydroxyl groups excluding tert-OH is 1. The average molecular weight is 274 g/mol. The topological polar surface area (TPSA) is 107 Å². The van der Waals surface area contributed by atoms with Crippen molar-refractivity contribution in [2.45, 2.75) is 13.0 Å². The summed E-state index contributed by atoms with van der Waals surface area (Å²) in [4.78, 5) is 22.5. The fourth-order valence-corrected chi connectivity index (χ4v) is 1.54. The summed E-state index contributed by atoms with van der Waals surface area (Å²) in [6.07, 6.45) is -0.553. The molecule has 1 atom stereocenters. The van der Waals surface area contributed by atoms with Crippen molar-refractivity contribution in [2.75, 3.05) is 10.6 Å². The van der Waals surface area contributed by atoms with Crippen LogP contribution < -0.4 is 16.2 Å². The number of nitrogens with zero attached hydrogens (tertiary/aromatic N) is 1. The van der Waals surface area contributed by atoms with Crippen molar-refractivity contribution in [2.24, 2.45) is 0 Å². The molecule has 20 heavy (non-hydrogen) atoms. The van der Waals surface area contributed by atoms with E-state index in [1.165, 1.54) is 12.1 Å². The Labute approximate surface area is 114 Å². The first kappa shape index (κ1) is 13.8. The molecule has 0 bridgehead atoms.